The van der Waals surface area contributed by atoms with Gasteiger partial charge in [-0.2, -0.15) is 0 Å². The van der Waals surface area contributed by atoms with Crippen molar-refractivity contribution in [1.82, 2.24) is 0 Å². The number of hydrogen-bond donors (Lipinski definition) is 0. The lowest BCUT2D eigenvalue weighted by Crippen LogP contribution is -2.01. The Bertz CT molecular complexity index is 489. The van der Waals surface area contributed by atoms with Gasteiger partial charge in [0.2, 0.25) is 0 Å². The molecule has 0 spiro atoms. The molecule has 2 aromatic heterocycles. The van der Waals surface area contributed by atoms with Crippen molar-refractivity contribution in [2.24, 2.45) is 0 Å². The highest BCUT2D eigenvalue weighted by atomic mass is 127. The quantitative estimate of drug-likeness (QED) is 0.576. The Morgan fingerprint density at radius 1 is 1.33 bits per heavy atom. The smallest absolute Gasteiger partial charge is 0.179 e. The van der Waals surface area contributed by atoms with E-state index in [2.05, 4.69) is 22.6 Å². The van der Waals surface area contributed by atoms with Crippen molar-refractivity contribution >= 4 is 62.6 Å². The van der Waals surface area contributed by atoms with Gasteiger partial charge >= 0.3 is 0 Å². The fraction of sp³-hybridized carbons (Fsp3) is 0.100. The van der Waals surface area contributed by atoms with Gasteiger partial charge in [-0.3, -0.25) is 4.79 Å². The van der Waals surface area contributed by atoms with Gasteiger partial charge in [0, 0.05) is 14.9 Å². The third kappa shape index (κ3) is 2.61. The standard InChI is InChI=1S/C10H6ClIOS2/c11-6-1-3-14-9(6)5-8(13)10-7(12)2-4-15-10/h1-4H,5H2. The third-order valence-electron chi connectivity index (χ3n) is 1.88. The van der Waals surface area contributed by atoms with Crippen molar-refractivity contribution in [1.29, 1.82) is 0 Å². The normalized spacial score (nSPS) is 10.5. The summed E-state index contributed by atoms with van der Waals surface area (Å²) in [6.45, 7) is 0. The van der Waals surface area contributed by atoms with Crippen molar-refractivity contribution < 1.29 is 4.79 Å². The number of carbonyl (C=O) groups is 1. The zero-order valence-electron chi connectivity index (χ0n) is 7.50. The molecule has 0 N–H and O–H groups in total. The molecule has 0 aliphatic carbocycles. The Morgan fingerprint density at radius 3 is 2.60 bits per heavy atom. The first-order valence-electron chi connectivity index (χ1n) is 4.16. The minimum Gasteiger partial charge on any atom is -0.293 e. The maximum Gasteiger partial charge on any atom is 0.179 e. The predicted octanol–water partition coefficient (Wildman–Crippen LogP) is 4.49. The molecular weight excluding hydrogens is 363 g/mol. The molecule has 0 saturated heterocycles. The highest BCUT2D eigenvalue weighted by molar-refractivity contribution is 14.1. The molecule has 0 aromatic carbocycles. The van der Waals surface area contributed by atoms with Crippen LogP contribution in [0.1, 0.15) is 14.5 Å². The van der Waals surface area contributed by atoms with Gasteiger partial charge in [-0.05, 0) is 45.5 Å². The van der Waals surface area contributed by atoms with E-state index in [0.29, 0.717) is 11.4 Å². The number of halogens is 2. The van der Waals surface area contributed by atoms with E-state index in [1.807, 2.05) is 22.9 Å². The Morgan fingerprint density at radius 2 is 2.07 bits per heavy atom. The average Bonchev–Trinajstić information content (AvgIpc) is 2.76. The van der Waals surface area contributed by atoms with Gasteiger partial charge in [0.25, 0.3) is 0 Å². The fourth-order valence-corrected chi connectivity index (χ4v) is 4.10. The molecule has 0 amide bonds. The van der Waals surface area contributed by atoms with Crippen molar-refractivity contribution in [2.45, 2.75) is 6.42 Å². The molecule has 5 heteroatoms. The van der Waals surface area contributed by atoms with Crippen LogP contribution < -0.4 is 0 Å². The summed E-state index contributed by atoms with van der Waals surface area (Å²) >= 11 is 11.1. The Balaban J connectivity index is 2.18. The van der Waals surface area contributed by atoms with E-state index < -0.39 is 0 Å². The fourth-order valence-electron chi connectivity index (χ4n) is 1.17. The second-order valence-corrected chi connectivity index (χ2v) is 6.38. The van der Waals surface area contributed by atoms with Crippen LogP contribution in [0.15, 0.2) is 22.9 Å². The topological polar surface area (TPSA) is 17.1 Å². The second-order valence-electron chi connectivity index (χ2n) is 2.89. The van der Waals surface area contributed by atoms with Crippen LogP contribution in [0.25, 0.3) is 0 Å². The summed E-state index contributed by atoms with van der Waals surface area (Å²) in [6, 6.07) is 3.78. The molecule has 2 aromatic rings. The molecule has 15 heavy (non-hydrogen) atoms. The van der Waals surface area contributed by atoms with Crippen molar-refractivity contribution in [3.63, 3.8) is 0 Å². The van der Waals surface area contributed by atoms with Crippen LogP contribution in [0.3, 0.4) is 0 Å². The Kier molecular flexibility index (Phi) is 3.82. The maximum absolute atomic E-state index is 11.9. The predicted molar refractivity (Wildman–Crippen MR) is 74.4 cm³/mol. The molecule has 78 valence electrons. The molecule has 0 fully saturated rings. The molecule has 2 heterocycles. The largest absolute Gasteiger partial charge is 0.293 e. The van der Waals surface area contributed by atoms with Crippen LogP contribution in [-0.4, -0.2) is 5.78 Å². The highest BCUT2D eigenvalue weighted by Gasteiger charge is 2.14. The number of thiophene rings is 2. The SMILES string of the molecule is O=C(Cc1sccc1Cl)c1sccc1I. The van der Waals surface area contributed by atoms with E-state index >= 15 is 0 Å². The third-order valence-corrected chi connectivity index (χ3v) is 5.49. The average molecular weight is 369 g/mol. The van der Waals surface area contributed by atoms with Gasteiger partial charge in [0.05, 0.1) is 9.90 Å². The summed E-state index contributed by atoms with van der Waals surface area (Å²) in [7, 11) is 0. The summed E-state index contributed by atoms with van der Waals surface area (Å²) in [5.41, 5.74) is 0. The minimum atomic E-state index is 0.152. The van der Waals surface area contributed by atoms with Gasteiger partial charge in [-0.25, -0.2) is 0 Å². The first-order chi connectivity index (χ1) is 7.18. The van der Waals surface area contributed by atoms with E-state index in [4.69, 9.17) is 11.6 Å². The van der Waals surface area contributed by atoms with Gasteiger partial charge < -0.3 is 0 Å². The number of hydrogen-bond acceptors (Lipinski definition) is 3. The van der Waals surface area contributed by atoms with Crippen LogP contribution in [0, 0.1) is 3.57 Å². The molecule has 0 saturated carbocycles. The lowest BCUT2D eigenvalue weighted by molar-refractivity contribution is 0.0997. The van der Waals surface area contributed by atoms with Gasteiger partial charge in [0.15, 0.2) is 5.78 Å². The van der Waals surface area contributed by atoms with E-state index in [9.17, 15) is 4.79 Å². The van der Waals surface area contributed by atoms with Crippen LogP contribution in [0.4, 0.5) is 0 Å². The van der Waals surface area contributed by atoms with Crippen LogP contribution in [0.2, 0.25) is 5.02 Å². The molecule has 0 bridgehead atoms. The Labute approximate surface area is 114 Å². The number of ketones is 1. The van der Waals surface area contributed by atoms with E-state index in [1.54, 1.807) is 0 Å². The minimum absolute atomic E-state index is 0.152. The van der Waals surface area contributed by atoms with Crippen molar-refractivity contribution in [3.05, 3.63) is 41.2 Å². The summed E-state index contributed by atoms with van der Waals surface area (Å²) in [5, 5.41) is 4.54. The summed E-state index contributed by atoms with van der Waals surface area (Å²) < 4.78 is 1.02. The molecule has 1 nitrogen and oxygen atoms in total. The summed E-state index contributed by atoms with van der Waals surface area (Å²) in [5.74, 6) is 0.152. The van der Waals surface area contributed by atoms with Crippen molar-refractivity contribution in [2.75, 3.05) is 0 Å². The number of Topliss-reactive ketones (excluding diaryl/α,β-unsaturated/α-hetero) is 1. The Hall–Kier alpha value is 0.0900. The van der Waals surface area contributed by atoms with Crippen molar-refractivity contribution in [3.8, 4) is 0 Å². The van der Waals surface area contributed by atoms with Crippen LogP contribution >= 0.6 is 56.9 Å². The second kappa shape index (κ2) is 4.95. The molecule has 0 atom stereocenters. The maximum atomic E-state index is 11.9. The molecule has 0 radical (unpaired) electrons. The lowest BCUT2D eigenvalue weighted by Gasteiger charge is -1.97. The summed E-state index contributed by atoms with van der Waals surface area (Å²) in [6.07, 6.45) is 0.410. The number of carbonyl (C=O) groups excluding carboxylic acids is 1. The van der Waals surface area contributed by atoms with Gasteiger partial charge in [-0.15, -0.1) is 22.7 Å². The molecule has 0 aliphatic rings. The lowest BCUT2D eigenvalue weighted by atomic mass is 10.2. The zero-order chi connectivity index (χ0) is 10.8. The first kappa shape index (κ1) is 11.6. The highest BCUT2D eigenvalue weighted by Crippen LogP contribution is 2.26. The summed E-state index contributed by atoms with van der Waals surface area (Å²) in [4.78, 5) is 13.7. The molecule has 2 rings (SSSR count). The van der Waals surface area contributed by atoms with E-state index in [-0.39, 0.29) is 5.78 Å². The van der Waals surface area contributed by atoms with Gasteiger partial charge in [0.1, 0.15) is 0 Å². The molecular formula is C10H6ClIOS2. The first-order valence-corrected chi connectivity index (χ1v) is 7.38. The zero-order valence-corrected chi connectivity index (χ0v) is 12.0. The van der Waals surface area contributed by atoms with E-state index in [0.717, 1.165) is 13.3 Å². The van der Waals surface area contributed by atoms with Crippen LogP contribution in [-0.2, 0) is 6.42 Å². The van der Waals surface area contributed by atoms with Crippen LogP contribution in [0.5, 0.6) is 0 Å². The van der Waals surface area contributed by atoms with E-state index in [1.165, 1.54) is 22.7 Å². The number of rotatable bonds is 3. The van der Waals surface area contributed by atoms with Gasteiger partial charge in [-0.1, -0.05) is 11.6 Å². The molecule has 0 aliphatic heterocycles. The monoisotopic (exact) mass is 368 g/mol. The molecule has 0 unspecified atom stereocenters.